The lowest BCUT2D eigenvalue weighted by Gasteiger charge is -2.21. The maximum absolute atomic E-state index is 10.4. The second-order valence-electron chi connectivity index (χ2n) is 6.31. The molecule has 12 nitrogen and oxygen atoms in total. The van der Waals surface area contributed by atoms with Gasteiger partial charge in [-0.25, -0.2) is 0 Å². The number of rotatable bonds is 3. The number of hydrogen-bond donors (Lipinski definition) is 2. The average molecular weight is 401 g/mol. The van der Waals surface area contributed by atoms with Gasteiger partial charge in [-0.1, -0.05) is 12.1 Å². The molecule has 0 amide bonds. The van der Waals surface area contributed by atoms with Gasteiger partial charge in [0.2, 0.25) is 0 Å². The molecule has 0 radical (unpaired) electrons. The third kappa shape index (κ3) is 4.10. The highest BCUT2D eigenvalue weighted by Gasteiger charge is 2.30. The van der Waals surface area contributed by atoms with Gasteiger partial charge in [-0.2, -0.15) is 0 Å². The number of nitro benzene ring substituents is 3. The molecule has 150 valence electrons. The van der Waals surface area contributed by atoms with E-state index in [2.05, 4.69) is 28.5 Å². The van der Waals surface area contributed by atoms with Crippen molar-refractivity contribution in [2.45, 2.75) is 25.3 Å². The maximum Gasteiger partial charge on any atom is 0.324 e. The predicted molar refractivity (Wildman–Crippen MR) is 103 cm³/mol. The Morgan fingerprint density at radius 1 is 1.00 bits per heavy atom. The molecule has 1 heterocycles. The summed E-state index contributed by atoms with van der Waals surface area (Å²) in [6.07, 6.45) is 3.70. The zero-order chi connectivity index (χ0) is 21.1. The molecular formula is C17H15N5O7. The first-order valence-electron chi connectivity index (χ1n) is 8.51. The third-order valence-electron chi connectivity index (χ3n) is 4.48. The van der Waals surface area contributed by atoms with Crippen LogP contribution in [-0.4, -0.2) is 31.6 Å². The Balaban J connectivity index is 0.000000168. The van der Waals surface area contributed by atoms with Gasteiger partial charge in [-0.15, -0.1) is 0 Å². The van der Waals surface area contributed by atoms with Gasteiger partial charge in [0.15, 0.2) is 0 Å². The molecule has 0 saturated heterocycles. The van der Waals surface area contributed by atoms with Crippen LogP contribution in [0.2, 0.25) is 0 Å². The van der Waals surface area contributed by atoms with E-state index in [1.807, 2.05) is 6.07 Å². The summed E-state index contributed by atoms with van der Waals surface area (Å²) in [7, 11) is 0. The number of phenolic OH excluding ortho intramolecular Hbond substituents is 1. The molecule has 1 aliphatic heterocycles. The molecule has 0 spiro atoms. The minimum absolute atomic E-state index is 0.447. The Bertz CT molecular complexity index is 1000. The number of benzene rings is 2. The van der Waals surface area contributed by atoms with Crippen molar-refractivity contribution in [3.63, 3.8) is 0 Å². The van der Waals surface area contributed by atoms with Gasteiger partial charge in [-0.3, -0.25) is 35.3 Å². The fraction of sp³-hybridized carbons (Fsp3) is 0.235. The van der Waals surface area contributed by atoms with Gasteiger partial charge >= 0.3 is 11.4 Å². The Kier molecular flexibility index (Phi) is 5.34. The summed E-state index contributed by atoms with van der Waals surface area (Å²) in [5, 5.41) is 43.7. The molecule has 1 aliphatic carbocycles. The molecule has 1 atom stereocenters. The number of non-ortho nitro benzene ring substituents is 1. The first kappa shape index (κ1) is 19.7. The first-order valence-corrected chi connectivity index (χ1v) is 8.51. The number of para-hydroxylation sites is 2. The maximum atomic E-state index is 10.4. The van der Waals surface area contributed by atoms with Gasteiger partial charge in [0.25, 0.3) is 11.4 Å². The van der Waals surface area contributed by atoms with E-state index in [1.165, 1.54) is 30.7 Å². The van der Waals surface area contributed by atoms with Crippen molar-refractivity contribution < 1.29 is 19.9 Å². The second kappa shape index (κ2) is 7.88. The van der Waals surface area contributed by atoms with Crippen LogP contribution in [0.5, 0.6) is 5.75 Å². The Morgan fingerprint density at radius 3 is 2.21 bits per heavy atom. The van der Waals surface area contributed by atoms with Crippen LogP contribution in [0.25, 0.3) is 0 Å². The monoisotopic (exact) mass is 401 g/mol. The smallest absolute Gasteiger partial charge is 0.324 e. The van der Waals surface area contributed by atoms with Gasteiger partial charge in [0.05, 0.1) is 44.3 Å². The van der Waals surface area contributed by atoms with E-state index in [0.29, 0.717) is 18.2 Å². The van der Waals surface area contributed by atoms with Crippen LogP contribution < -0.4 is 5.32 Å². The van der Waals surface area contributed by atoms with Crippen molar-refractivity contribution in [2.24, 2.45) is 4.99 Å². The van der Waals surface area contributed by atoms with Crippen LogP contribution in [-0.2, 0) is 0 Å². The van der Waals surface area contributed by atoms with E-state index >= 15 is 0 Å². The molecule has 12 heteroatoms. The molecule has 2 aliphatic rings. The number of aromatic hydroxyl groups is 1. The largest absolute Gasteiger partial charge is 0.497 e. The number of nitrogens with one attached hydrogen (secondary N) is 1. The molecule has 1 unspecified atom stereocenters. The van der Waals surface area contributed by atoms with Crippen molar-refractivity contribution in [1.29, 1.82) is 0 Å². The summed E-state index contributed by atoms with van der Waals surface area (Å²) >= 11 is 0. The lowest BCUT2D eigenvalue weighted by Crippen LogP contribution is -2.26. The van der Waals surface area contributed by atoms with Gasteiger partial charge < -0.3 is 10.4 Å². The first-order chi connectivity index (χ1) is 13.8. The Hall–Kier alpha value is -4.09. The van der Waals surface area contributed by atoms with E-state index in [1.54, 1.807) is 0 Å². The van der Waals surface area contributed by atoms with Crippen LogP contribution in [0, 0.1) is 30.3 Å². The number of hydrogen-bond acceptors (Lipinski definition) is 9. The lowest BCUT2D eigenvalue weighted by molar-refractivity contribution is -0.404. The fourth-order valence-corrected chi connectivity index (χ4v) is 3.13. The fourth-order valence-electron chi connectivity index (χ4n) is 3.13. The summed E-state index contributed by atoms with van der Waals surface area (Å²) < 4.78 is 0. The van der Waals surface area contributed by atoms with E-state index in [4.69, 9.17) is 5.11 Å². The number of phenols is 1. The average Bonchev–Trinajstić information content (AvgIpc) is 3.13. The summed E-state index contributed by atoms with van der Waals surface area (Å²) in [4.78, 5) is 32.4. The number of nitro groups is 3. The summed E-state index contributed by atoms with van der Waals surface area (Å²) in [6.45, 7) is 0. The molecule has 0 bridgehead atoms. The topological polar surface area (TPSA) is 174 Å². The molecule has 29 heavy (non-hydrogen) atoms. The van der Waals surface area contributed by atoms with E-state index in [9.17, 15) is 30.3 Å². The lowest BCUT2D eigenvalue weighted by atomic mass is 10.1. The van der Waals surface area contributed by atoms with Crippen LogP contribution in [0.1, 0.15) is 19.3 Å². The summed E-state index contributed by atoms with van der Waals surface area (Å²) in [6, 6.07) is 9.69. The van der Waals surface area contributed by atoms with Crippen LogP contribution >= 0.6 is 0 Å². The highest BCUT2D eigenvalue weighted by Crippen LogP contribution is 2.39. The number of nitrogens with zero attached hydrogens (tertiary/aromatic N) is 4. The number of anilines is 1. The highest BCUT2D eigenvalue weighted by molar-refractivity contribution is 5.99. The SMILES string of the molecule is O=[N+]([O-])c1cc([N+](=O)[O-])c(O)c([N+](=O)[O-])c1.c1ccc2c(c1)N=C1CCCC1N2. The van der Waals surface area contributed by atoms with Gasteiger partial charge in [0, 0.05) is 5.71 Å². The zero-order valence-electron chi connectivity index (χ0n) is 14.8. The molecule has 0 aromatic heterocycles. The molecule has 2 aromatic carbocycles. The van der Waals surface area contributed by atoms with E-state index in [-0.39, 0.29) is 0 Å². The normalized spacial score (nSPS) is 16.3. The van der Waals surface area contributed by atoms with Crippen molar-refractivity contribution in [3.8, 4) is 5.75 Å². The molecule has 2 aromatic rings. The summed E-state index contributed by atoms with van der Waals surface area (Å²) in [5.74, 6) is -1.21. The van der Waals surface area contributed by atoms with Crippen molar-refractivity contribution in [3.05, 3.63) is 66.7 Å². The minimum atomic E-state index is -1.21. The molecular weight excluding hydrogens is 386 g/mol. The minimum Gasteiger partial charge on any atom is -0.497 e. The van der Waals surface area contributed by atoms with Crippen molar-refractivity contribution >= 4 is 34.1 Å². The van der Waals surface area contributed by atoms with Crippen LogP contribution in [0.15, 0.2) is 41.4 Å². The quantitative estimate of drug-likeness (QED) is 0.575. The van der Waals surface area contributed by atoms with Crippen LogP contribution in [0.3, 0.4) is 0 Å². The Labute approximate surface area is 163 Å². The summed E-state index contributed by atoms with van der Waals surface area (Å²) in [5.41, 5.74) is 0.644. The van der Waals surface area contributed by atoms with E-state index < -0.39 is 37.6 Å². The van der Waals surface area contributed by atoms with Gasteiger partial charge in [0.1, 0.15) is 0 Å². The Morgan fingerprint density at radius 2 is 1.62 bits per heavy atom. The van der Waals surface area contributed by atoms with Crippen LogP contribution in [0.4, 0.5) is 28.4 Å². The van der Waals surface area contributed by atoms with Gasteiger partial charge in [-0.05, 0) is 31.4 Å². The number of fused-ring (bicyclic) bond motifs is 2. The predicted octanol–water partition coefficient (Wildman–Crippen LogP) is 3.85. The van der Waals surface area contributed by atoms with Crippen molar-refractivity contribution in [2.75, 3.05) is 5.32 Å². The third-order valence-corrected chi connectivity index (χ3v) is 4.48. The molecule has 1 saturated carbocycles. The highest BCUT2D eigenvalue weighted by atomic mass is 16.6. The molecule has 2 N–H and O–H groups in total. The molecule has 4 rings (SSSR count). The van der Waals surface area contributed by atoms with E-state index in [0.717, 1.165) is 5.69 Å². The molecule has 1 fully saturated rings. The second-order valence-corrected chi connectivity index (χ2v) is 6.31. The zero-order valence-corrected chi connectivity index (χ0v) is 14.8. The van der Waals surface area contributed by atoms with Crippen molar-refractivity contribution in [1.82, 2.24) is 0 Å². The standard InChI is InChI=1S/C11H12N2.C6H3N3O7/c1-2-5-9-8(4-1)12-10-6-3-7-11(10)13-9;10-6-4(8(13)14)1-3(7(11)12)2-5(6)9(15)16/h1-2,4-5,10,12H,3,6-7H2;1-2,10H. The number of aliphatic imine (C=N–C) groups is 1.